The molecule has 3 aromatic carbocycles. The largest absolute Gasteiger partial charge is 0.493 e. The van der Waals surface area contributed by atoms with Gasteiger partial charge in [-0.1, -0.05) is 24.3 Å². The summed E-state index contributed by atoms with van der Waals surface area (Å²) in [6.45, 7) is 4.06. The number of nitrogens with one attached hydrogen (secondary N) is 3. The van der Waals surface area contributed by atoms with Gasteiger partial charge in [0.05, 0.1) is 24.7 Å². The van der Waals surface area contributed by atoms with Gasteiger partial charge in [-0.3, -0.25) is 14.9 Å². The molecule has 0 atom stereocenters. The monoisotopic (exact) mass is 478 g/mol. The van der Waals surface area contributed by atoms with E-state index < -0.39 is 22.5 Å². The number of carbonyl (C=O) groups excluding carboxylic acids is 2. The maximum absolute atomic E-state index is 12.8. The molecule has 3 aromatic rings. The van der Waals surface area contributed by atoms with Crippen LogP contribution in [0.4, 0.5) is 21.9 Å². The van der Waals surface area contributed by atoms with Crippen LogP contribution in [0.5, 0.6) is 11.5 Å². The Balaban J connectivity index is 1.69. The third-order valence-corrected chi connectivity index (χ3v) is 4.94. The second-order valence-electron chi connectivity index (χ2n) is 7.54. The number of nitrogens with zero attached hydrogens (tertiary/aromatic N) is 1. The van der Waals surface area contributed by atoms with Gasteiger partial charge in [-0.05, 0) is 49.2 Å². The molecule has 0 aliphatic rings. The number of methoxy groups -OCH3 is 1. The predicted octanol–water partition coefficient (Wildman–Crippen LogP) is 4.88. The summed E-state index contributed by atoms with van der Waals surface area (Å²) in [6.07, 6.45) is 0. The van der Waals surface area contributed by atoms with E-state index in [9.17, 15) is 19.7 Å². The Labute approximate surface area is 202 Å². The minimum absolute atomic E-state index is 0.0843. The number of benzene rings is 3. The first-order valence-electron chi connectivity index (χ1n) is 10.8. The van der Waals surface area contributed by atoms with Crippen molar-refractivity contribution < 1.29 is 24.0 Å². The van der Waals surface area contributed by atoms with Crippen molar-refractivity contribution in [3.05, 3.63) is 87.5 Å². The second-order valence-corrected chi connectivity index (χ2v) is 7.54. The molecular weight excluding hydrogens is 452 g/mol. The van der Waals surface area contributed by atoms with E-state index >= 15 is 0 Å². The molecule has 0 aromatic heterocycles. The first kappa shape index (κ1) is 25.0. The van der Waals surface area contributed by atoms with Gasteiger partial charge in [0.1, 0.15) is 5.56 Å². The molecule has 10 nitrogen and oxygen atoms in total. The number of urea groups is 1. The Hall–Kier alpha value is -4.60. The summed E-state index contributed by atoms with van der Waals surface area (Å²) < 4.78 is 10.6. The average molecular weight is 479 g/mol. The first-order valence-corrected chi connectivity index (χ1v) is 10.8. The third-order valence-electron chi connectivity index (χ3n) is 4.94. The quantitative estimate of drug-likeness (QED) is 0.297. The molecule has 35 heavy (non-hydrogen) atoms. The van der Waals surface area contributed by atoms with Gasteiger partial charge < -0.3 is 25.4 Å². The van der Waals surface area contributed by atoms with Crippen LogP contribution in [0.2, 0.25) is 0 Å². The van der Waals surface area contributed by atoms with E-state index in [1.807, 2.05) is 25.1 Å². The van der Waals surface area contributed by atoms with E-state index in [1.54, 1.807) is 37.3 Å². The van der Waals surface area contributed by atoms with Gasteiger partial charge in [-0.25, -0.2) is 4.79 Å². The van der Waals surface area contributed by atoms with Crippen LogP contribution in [-0.4, -0.2) is 30.6 Å². The zero-order valence-corrected chi connectivity index (χ0v) is 19.6. The average Bonchev–Trinajstić information content (AvgIpc) is 2.82. The smallest absolute Gasteiger partial charge is 0.323 e. The number of aryl methyl sites for hydroxylation is 1. The van der Waals surface area contributed by atoms with Crippen LogP contribution < -0.4 is 25.4 Å². The van der Waals surface area contributed by atoms with Gasteiger partial charge in [0.15, 0.2) is 11.5 Å². The number of nitro benzene ring substituents is 1. The second kappa shape index (κ2) is 11.5. The fourth-order valence-corrected chi connectivity index (χ4v) is 3.36. The molecule has 0 radical (unpaired) electrons. The minimum atomic E-state index is -0.648. The lowest BCUT2D eigenvalue weighted by Crippen LogP contribution is -2.24. The Bertz CT molecular complexity index is 1240. The van der Waals surface area contributed by atoms with Gasteiger partial charge in [0, 0.05) is 24.0 Å². The number of hydrogen-bond acceptors (Lipinski definition) is 6. The third kappa shape index (κ3) is 6.70. The van der Waals surface area contributed by atoms with Crippen molar-refractivity contribution in [2.24, 2.45) is 0 Å². The molecule has 0 bridgehead atoms. The normalized spacial score (nSPS) is 10.3. The van der Waals surface area contributed by atoms with Crippen LogP contribution >= 0.6 is 0 Å². The molecule has 0 spiro atoms. The molecule has 10 heteroatoms. The zero-order chi connectivity index (χ0) is 25.4. The lowest BCUT2D eigenvalue weighted by Gasteiger charge is -2.12. The Morgan fingerprint density at radius 3 is 2.29 bits per heavy atom. The Morgan fingerprint density at radius 1 is 0.971 bits per heavy atom. The van der Waals surface area contributed by atoms with Crippen LogP contribution in [0, 0.1) is 17.0 Å². The maximum atomic E-state index is 12.8. The lowest BCUT2D eigenvalue weighted by molar-refractivity contribution is -0.385. The van der Waals surface area contributed by atoms with Gasteiger partial charge in [0.2, 0.25) is 0 Å². The molecule has 3 rings (SSSR count). The molecule has 0 aliphatic carbocycles. The van der Waals surface area contributed by atoms with E-state index in [-0.39, 0.29) is 23.6 Å². The number of hydrogen-bond donors (Lipinski definition) is 3. The van der Waals surface area contributed by atoms with Gasteiger partial charge >= 0.3 is 6.03 Å². The number of amides is 3. The SMILES string of the molecule is CCOc1cc(C(=O)NCc2cccc(NC(=O)Nc3cccc(C)c3)c2)c([N+](=O)[O-])cc1OC. The molecular formula is C25H26N4O6. The number of carbonyl (C=O) groups is 2. The highest BCUT2D eigenvalue weighted by atomic mass is 16.6. The molecule has 3 N–H and O–H groups in total. The highest BCUT2D eigenvalue weighted by Gasteiger charge is 2.24. The fourth-order valence-electron chi connectivity index (χ4n) is 3.36. The summed E-state index contributed by atoms with van der Waals surface area (Å²) in [5.74, 6) is -0.245. The van der Waals surface area contributed by atoms with Gasteiger partial charge in [-0.15, -0.1) is 0 Å². The van der Waals surface area contributed by atoms with E-state index in [2.05, 4.69) is 16.0 Å². The zero-order valence-electron chi connectivity index (χ0n) is 19.6. The summed E-state index contributed by atoms with van der Waals surface area (Å²) in [5, 5.41) is 19.7. The van der Waals surface area contributed by atoms with E-state index in [0.717, 1.165) is 11.6 Å². The van der Waals surface area contributed by atoms with Crippen LogP contribution in [0.3, 0.4) is 0 Å². The van der Waals surface area contributed by atoms with Crippen molar-refractivity contribution in [2.45, 2.75) is 20.4 Å². The maximum Gasteiger partial charge on any atom is 0.323 e. The van der Waals surface area contributed by atoms with E-state index in [1.165, 1.54) is 13.2 Å². The van der Waals surface area contributed by atoms with Crippen LogP contribution in [0.1, 0.15) is 28.4 Å². The summed E-state index contributed by atoms with van der Waals surface area (Å²) in [4.78, 5) is 36.0. The van der Waals surface area contributed by atoms with E-state index in [4.69, 9.17) is 9.47 Å². The summed E-state index contributed by atoms with van der Waals surface area (Å²) in [6, 6.07) is 16.4. The van der Waals surface area contributed by atoms with Crippen molar-refractivity contribution in [1.29, 1.82) is 0 Å². The Kier molecular flexibility index (Phi) is 8.23. The van der Waals surface area contributed by atoms with Crippen molar-refractivity contribution in [2.75, 3.05) is 24.4 Å². The highest BCUT2D eigenvalue weighted by molar-refractivity contribution is 6.00. The number of anilines is 2. The summed E-state index contributed by atoms with van der Waals surface area (Å²) in [7, 11) is 1.36. The minimum Gasteiger partial charge on any atom is -0.493 e. The topological polar surface area (TPSA) is 132 Å². The van der Waals surface area contributed by atoms with Crippen LogP contribution in [0.15, 0.2) is 60.7 Å². The summed E-state index contributed by atoms with van der Waals surface area (Å²) in [5.41, 5.74) is 2.35. The molecule has 0 saturated carbocycles. The molecule has 182 valence electrons. The van der Waals surface area contributed by atoms with E-state index in [0.29, 0.717) is 23.5 Å². The molecule has 0 aliphatic heterocycles. The Morgan fingerprint density at radius 2 is 1.66 bits per heavy atom. The fraction of sp³-hybridized carbons (Fsp3) is 0.200. The van der Waals surface area contributed by atoms with Crippen molar-refractivity contribution in [3.8, 4) is 11.5 Å². The van der Waals surface area contributed by atoms with Gasteiger partial charge in [-0.2, -0.15) is 0 Å². The standard InChI is InChI=1S/C25H26N4O6/c1-4-35-23-13-20(21(29(32)33)14-22(23)34-3)24(30)26-15-17-8-6-10-19(12-17)28-25(31)27-18-9-5-7-16(2)11-18/h5-14H,4,15H2,1-3H3,(H,26,30)(H2,27,28,31). The van der Waals surface area contributed by atoms with Crippen molar-refractivity contribution >= 4 is 29.0 Å². The number of nitro groups is 1. The van der Waals surface area contributed by atoms with Crippen molar-refractivity contribution in [3.63, 3.8) is 0 Å². The number of ether oxygens (including phenoxy) is 2. The molecule has 0 fully saturated rings. The van der Waals surface area contributed by atoms with Crippen molar-refractivity contribution in [1.82, 2.24) is 5.32 Å². The molecule has 0 heterocycles. The molecule has 3 amide bonds. The van der Waals surface area contributed by atoms with Crippen LogP contribution in [-0.2, 0) is 6.54 Å². The molecule has 0 saturated heterocycles. The number of rotatable bonds is 9. The van der Waals surface area contributed by atoms with Crippen LogP contribution in [0.25, 0.3) is 0 Å². The first-order chi connectivity index (χ1) is 16.8. The predicted molar refractivity (Wildman–Crippen MR) is 132 cm³/mol. The lowest BCUT2D eigenvalue weighted by atomic mass is 10.1. The van der Waals surface area contributed by atoms with Gasteiger partial charge in [0.25, 0.3) is 11.6 Å². The highest BCUT2D eigenvalue weighted by Crippen LogP contribution is 2.34. The molecule has 0 unspecified atom stereocenters. The summed E-state index contributed by atoms with van der Waals surface area (Å²) >= 11 is 0.